The average Bonchev–Trinajstić information content (AvgIpc) is 2.39. The van der Waals surface area contributed by atoms with E-state index in [0.717, 1.165) is 13.0 Å². The van der Waals surface area contributed by atoms with Crippen LogP contribution in [0.2, 0.25) is 0 Å². The average molecular weight is 246 g/mol. The number of carboxylic acid groups (broad SMARTS) is 1. The molecular formula is C12H13BNO4. The van der Waals surface area contributed by atoms with E-state index in [4.69, 9.17) is 4.74 Å². The van der Waals surface area contributed by atoms with Gasteiger partial charge in [0.15, 0.2) is 0 Å². The van der Waals surface area contributed by atoms with E-state index in [1.54, 1.807) is 0 Å². The van der Waals surface area contributed by atoms with Crippen LogP contribution in [0.25, 0.3) is 0 Å². The molecule has 0 amide bonds. The summed E-state index contributed by atoms with van der Waals surface area (Å²) in [6, 6.07) is 6.56. The number of aliphatic carboxylic acids is 1. The lowest BCUT2D eigenvalue weighted by Crippen LogP contribution is -2.45. The van der Waals surface area contributed by atoms with Crippen molar-refractivity contribution in [2.75, 3.05) is 6.61 Å². The van der Waals surface area contributed by atoms with Gasteiger partial charge >= 0.3 is 5.97 Å². The number of para-hydroxylation sites is 1. The number of carbonyl (C=O) groups is 2. The second-order valence-electron chi connectivity index (χ2n) is 4.07. The minimum Gasteiger partial charge on any atom is -0.493 e. The first kappa shape index (κ1) is 12.6. The van der Waals surface area contributed by atoms with Crippen molar-refractivity contribution in [3.8, 4) is 5.75 Å². The summed E-state index contributed by atoms with van der Waals surface area (Å²) in [5.74, 6) is -0.466. The predicted octanol–water partition coefficient (Wildman–Crippen LogP) is 0.405. The zero-order valence-electron chi connectivity index (χ0n) is 9.70. The Morgan fingerprint density at radius 1 is 1.56 bits per heavy atom. The molecule has 1 aliphatic rings. The summed E-state index contributed by atoms with van der Waals surface area (Å²) in [4.78, 5) is 21.6. The molecule has 1 aromatic carbocycles. The molecule has 0 fully saturated rings. The second-order valence-corrected chi connectivity index (χ2v) is 4.07. The van der Waals surface area contributed by atoms with Gasteiger partial charge in [-0.15, -0.1) is 0 Å². The fourth-order valence-corrected chi connectivity index (χ4v) is 2.22. The normalized spacial score (nSPS) is 19.2. The number of carbonyl (C=O) groups excluding carboxylic acids is 1. The number of carboxylic acids is 1. The number of hydrogen-bond donors (Lipinski definition) is 2. The molecule has 1 aliphatic heterocycles. The highest BCUT2D eigenvalue weighted by Gasteiger charge is 2.32. The lowest BCUT2D eigenvalue weighted by molar-refractivity contribution is -0.139. The molecule has 6 heteroatoms. The Bertz CT molecular complexity index is 451. The molecule has 2 atom stereocenters. The summed E-state index contributed by atoms with van der Waals surface area (Å²) in [7, 11) is 1.12. The second kappa shape index (κ2) is 5.68. The zero-order chi connectivity index (χ0) is 13.0. The van der Waals surface area contributed by atoms with Crippen LogP contribution in [-0.4, -0.2) is 37.3 Å². The molecule has 0 spiro atoms. The van der Waals surface area contributed by atoms with Crippen molar-refractivity contribution >= 4 is 19.6 Å². The van der Waals surface area contributed by atoms with E-state index in [1.807, 2.05) is 24.3 Å². The monoisotopic (exact) mass is 246 g/mol. The van der Waals surface area contributed by atoms with E-state index >= 15 is 0 Å². The third-order valence-corrected chi connectivity index (χ3v) is 3.02. The lowest BCUT2D eigenvalue weighted by atomic mass is 9.83. The van der Waals surface area contributed by atoms with Crippen molar-refractivity contribution < 1.29 is 19.4 Å². The molecule has 1 radical (unpaired) electrons. The fraction of sp³-hybridized carbons (Fsp3) is 0.333. The molecule has 0 saturated heterocycles. The molecule has 93 valence electrons. The summed E-state index contributed by atoms with van der Waals surface area (Å²) in [6.45, 7) is 0.480. The van der Waals surface area contributed by atoms with Gasteiger partial charge in [-0.05, 0) is 18.1 Å². The number of benzene rings is 1. The van der Waals surface area contributed by atoms with Gasteiger partial charge in [0.2, 0.25) is 0 Å². The van der Waals surface area contributed by atoms with Crippen molar-refractivity contribution in [3.63, 3.8) is 0 Å². The van der Waals surface area contributed by atoms with Crippen molar-refractivity contribution in [1.82, 2.24) is 5.23 Å². The van der Waals surface area contributed by atoms with Crippen LogP contribution in [-0.2, 0) is 9.59 Å². The van der Waals surface area contributed by atoms with Gasteiger partial charge in [-0.1, -0.05) is 18.2 Å². The van der Waals surface area contributed by atoms with Crippen LogP contribution in [0, 0.1) is 0 Å². The van der Waals surface area contributed by atoms with E-state index in [1.165, 1.54) is 0 Å². The van der Waals surface area contributed by atoms with Crippen LogP contribution in [0.5, 0.6) is 5.75 Å². The first-order valence-corrected chi connectivity index (χ1v) is 5.71. The minimum atomic E-state index is -0.977. The van der Waals surface area contributed by atoms with Crippen LogP contribution < -0.4 is 9.96 Å². The third kappa shape index (κ3) is 2.54. The van der Waals surface area contributed by atoms with Gasteiger partial charge in [0, 0.05) is 5.92 Å². The molecule has 18 heavy (non-hydrogen) atoms. The number of rotatable bonds is 5. The van der Waals surface area contributed by atoms with Gasteiger partial charge in [0.1, 0.15) is 11.8 Å². The molecule has 2 rings (SSSR count). The number of fused-ring (bicyclic) bond motifs is 1. The summed E-state index contributed by atoms with van der Waals surface area (Å²) < 4.78 is 5.49. The first-order valence-electron chi connectivity index (χ1n) is 5.71. The van der Waals surface area contributed by atoms with E-state index in [2.05, 4.69) is 5.23 Å². The summed E-state index contributed by atoms with van der Waals surface area (Å²) >= 11 is 0. The third-order valence-electron chi connectivity index (χ3n) is 3.02. The Hall–Kier alpha value is -1.82. The molecule has 0 saturated carbocycles. The number of ether oxygens (including phenoxy) is 1. The Kier molecular flexibility index (Phi) is 3.99. The largest absolute Gasteiger partial charge is 0.493 e. The zero-order valence-corrected chi connectivity index (χ0v) is 9.70. The Morgan fingerprint density at radius 2 is 2.33 bits per heavy atom. The minimum absolute atomic E-state index is 0.205. The molecule has 0 aliphatic carbocycles. The summed E-state index contributed by atoms with van der Waals surface area (Å²) in [6.07, 6.45) is 1.15. The van der Waals surface area contributed by atoms with Crippen molar-refractivity contribution in [1.29, 1.82) is 0 Å². The smallest absolute Gasteiger partial charge is 0.320 e. The molecule has 1 aromatic rings. The fourth-order valence-electron chi connectivity index (χ4n) is 2.22. The maximum atomic E-state index is 11.3. The Balaban J connectivity index is 2.26. The SMILES string of the molecule is O=C[B]N[C@@H](C(=O)O)[C@@H]1CCOc2ccccc21. The van der Waals surface area contributed by atoms with Gasteiger partial charge in [0.05, 0.1) is 12.8 Å². The first-order chi connectivity index (χ1) is 8.74. The van der Waals surface area contributed by atoms with E-state index < -0.39 is 12.0 Å². The highest BCUT2D eigenvalue weighted by Crippen LogP contribution is 2.35. The van der Waals surface area contributed by atoms with Gasteiger partial charge in [-0.2, -0.15) is 0 Å². The number of hydrogen-bond acceptors (Lipinski definition) is 4. The predicted molar refractivity (Wildman–Crippen MR) is 66.4 cm³/mol. The molecular weight excluding hydrogens is 233 g/mol. The Morgan fingerprint density at radius 3 is 3.06 bits per heavy atom. The van der Waals surface area contributed by atoms with Crippen LogP contribution in [0.1, 0.15) is 17.9 Å². The van der Waals surface area contributed by atoms with Gasteiger partial charge < -0.3 is 19.9 Å². The van der Waals surface area contributed by atoms with E-state index in [0.29, 0.717) is 25.0 Å². The maximum absolute atomic E-state index is 11.3. The van der Waals surface area contributed by atoms with Gasteiger partial charge in [0.25, 0.3) is 7.41 Å². The maximum Gasteiger partial charge on any atom is 0.320 e. The highest BCUT2D eigenvalue weighted by molar-refractivity contribution is 6.64. The topological polar surface area (TPSA) is 75.6 Å². The number of nitrogens with one attached hydrogen (secondary N) is 1. The Labute approximate surface area is 105 Å². The molecule has 5 nitrogen and oxygen atoms in total. The van der Waals surface area contributed by atoms with E-state index in [9.17, 15) is 14.7 Å². The quantitative estimate of drug-likeness (QED) is 0.581. The van der Waals surface area contributed by atoms with Gasteiger partial charge in [-0.25, -0.2) is 0 Å². The molecule has 0 bridgehead atoms. The molecule has 2 N–H and O–H groups in total. The van der Waals surface area contributed by atoms with Crippen LogP contribution in [0.4, 0.5) is 0 Å². The van der Waals surface area contributed by atoms with Gasteiger partial charge in [-0.3, -0.25) is 4.79 Å². The molecule has 0 unspecified atom stereocenters. The van der Waals surface area contributed by atoms with E-state index in [-0.39, 0.29) is 5.92 Å². The summed E-state index contributed by atoms with van der Waals surface area (Å²) in [5.41, 5.74) is 0.864. The molecule has 0 aromatic heterocycles. The van der Waals surface area contributed by atoms with Crippen LogP contribution >= 0.6 is 0 Å². The lowest BCUT2D eigenvalue weighted by Gasteiger charge is -2.30. The highest BCUT2D eigenvalue weighted by atomic mass is 16.5. The molecule has 1 heterocycles. The summed E-state index contributed by atoms with van der Waals surface area (Å²) in [5, 5.41) is 11.9. The van der Waals surface area contributed by atoms with Crippen molar-refractivity contribution in [3.05, 3.63) is 29.8 Å². The van der Waals surface area contributed by atoms with Crippen molar-refractivity contribution in [2.45, 2.75) is 18.4 Å². The van der Waals surface area contributed by atoms with Crippen LogP contribution in [0.15, 0.2) is 24.3 Å². The van der Waals surface area contributed by atoms with Crippen molar-refractivity contribution in [2.24, 2.45) is 0 Å². The standard InChI is InChI=1S/C12H13BNO4/c15-7-13-14-11(12(16)17)9-5-6-18-10-4-2-1-3-8(9)10/h1-4,7,9,11,14H,5-6H2,(H,16,17)/t9-,11-/m1/s1. The van der Waals surface area contributed by atoms with Crippen LogP contribution in [0.3, 0.4) is 0 Å².